The van der Waals surface area contributed by atoms with Crippen molar-refractivity contribution in [2.24, 2.45) is 7.05 Å². The number of nitrogens with zero attached hydrogens (tertiary/aromatic N) is 5. The second-order valence-electron chi connectivity index (χ2n) is 9.50. The van der Waals surface area contributed by atoms with Gasteiger partial charge in [-0.15, -0.1) is 0 Å². The van der Waals surface area contributed by atoms with Crippen LogP contribution in [-0.4, -0.2) is 67.6 Å². The predicted octanol–water partition coefficient (Wildman–Crippen LogP) is 2.25. The molecule has 1 N–H and O–H groups in total. The van der Waals surface area contributed by atoms with Crippen LogP contribution in [0.2, 0.25) is 5.02 Å². The molecule has 0 amide bonds. The van der Waals surface area contributed by atoms with Gasteiger partial charge >= 0.3 is 5.69 Å². The summed E-state index contributed by atoms with van der Waals surface area (Å²) >= 11 is 6.10. The fourth-order valence-electron chi connectivity index (χ4n) is 5.27. The average molecular weight is 514 g/mol. The molecule has 1 aliphatic carbocycles. The van der Waals surface area contributed by atoms with Crippen molar-refractivity contribution in [1.82, 2.24) is 23.6 Å². The molecule has 0 spiro atoms. The third-order valence-electron chi connectivity index (χ3n) is 7.26. The largest absolute Gasteiger partial charge is 0.396 e. The van der Waals surface area contributed by atoms with E-state index in [0.717, 1.165) is 62.5 Å². The second kappa shape index (κ2) is 10.7. The molecule has 0 saturated carbocycles. The molecule has 36 heavy (non-hydrogen) atoms. The van der Waals surface area contributed by atoms with Crippen LogP contribution < -0.4 is 11.2 Å². The van der Waals surface area contributed by atoms with Crippen LogP contribution in [0.3, 0.4) is 0 Å². The van der Waals surface area contributed by atoms with Crippen LogP contribution in [0.25, 0.3) is 16.7 Å². The maximum atomic E-state index is 13.6. The van der Waals surface area contributed by atoms with Crippen molar-refractivity contribution < 1.29 is 9.84 Å². The first kappa shape index (κ1) is 25.0. The molecule has 9 nitrogen and oxygen atoms in total. The summed E-state index contributed by atoms with van der Waals surface area (Å²) in [6, 6.07) is 8.02. The number of benzene rings is 1. The number of fused-ring (bicyclic) bond motifs is 1. The summed E-state index contributed by atoms with van der Waals surface area (Å²) in [4.78, 5) is 33.9. The van der Waals surface area contributed by atoms with Crippen LogP contribution in [0, 0.1) is 0 Å². The number of morpholine rings is 1. The van der Waals surface area contributed by atoms with E-state index in [-0.39, 0.29) is 18.7 Å². The van der Waals surface area contributed by atoms with E-state index in [4.69, 9.17) is 21.3 Å². The molecule has 3 aromatic rings. The van der Waals surface area contributed by atoms with E-state index in [0.29, 0.717) is 35.2 Å². The maximum Gasteiger partial charge on any atom is 0.332 e. The van der Waals surface area contributed by atoms with Crippen molar-refractivity contribution in [3.8, 4) is 0 Å². The Morgan fingerprint density at radius 1 is 1.14 bits per heavy atom. The Labute approximate surface area is 214 Å². The lowest BCUT2D eigenvalue weighted by atomic mass is 9.93. The predicted molar refractivity (Wildman–Crippen MR) is 139 cm³/mol. The number of ether oxygens (including phenoxy) is 1. The van der Waals surface area contributed by atoms with Gasteiger partial charge in [-0.1, -0.05) is 29.8 Å². The lowest BCUT2D eigenvalue weighted by Crippen LogP contribution is -2.44. The minimum atomic E-state index is -0.423. The van der Waals surface area contributed by atoms with E-state index in [9.17, 15) is 14.7 Å². The molecule has 1 unspecified atom stereocenters. The van der Waals surface area contributed by atoms with Gasteiger partial charge in [0.25, 0.3) is 5.56 Å². The summed E-state index contributed by atoms with van der Waals surface area (Å²) in [5, 5.41) is 9.93. The normalized spacial score (nSPS) is 19.1. The van der Waals surface area contributed by atoms with Crippen molar-refractivity contribution in [3.63, 3.8) is 0 Å². The number of hydrogen-bond acceptors (Lipinski definition) is 6. The second-order valence-corrected chi connectivity index (χ2v) is 9.94. The molecule has 2 aliphatic rings. The van der Waals surface area contributed by atoms with Crippen LogP contribution >= 0.6 is 11.6 Å². The number of aromatic nitrogens is 4. The third-order valence-corrected chi connectivity index (χ3v) is 7.51. The summed E-state index contributed by atoms with van der Waals surface area (Å²) in [6.07, 6.45) is 5.34. The van der Waals surface area contributed by atoms with Crippen molar-refractivity contribution in [3.05, 3.63) is 67.6 Å². The highest BCUT2D eigenvalue weighted by atomic mass is 35.5. The molecule has 2 aromatic heterocycles. The summed E-state index contributed by atoms with van der Waals surface area (Å²) in [6.45, 7) is 3.96. The molecule has 0 radical (unpaired) electrons. The highest BCUT2D eigenvalue weighted by Gasteiger charge is 2.27. The zero-order valence-corrected chi connectivity index (χ0v) is 21.3. The van der Waals surface area contributed by atoms with Gasteiger partial charge in [0.1, 0.15) is 5.82 Å². The van der Waals surface area contributed by atoms with E-state index in [1.54, 1.807) is 7.05 Å². The van der Waals surface area contributed by atoms with Crippen LogP contribution in [0.15, 0.2) is 39.9 Å². The van der Waals surface area contributed by atoms with Gasteiger partial charge in [-0.05, 0) is 49.0 Å². The van der Waals surface area contributed by atoms with Crippen LogP contribution in [0.5, 0.6) is 0 Å². The van der Waals surface area contributed by atoms with Crippen LogP contribution in [0.4, 0.5) is 0 Å². The average Bonchev–Trinajstić information content (AvgIpc) is 3.29. The molecule has 192 valence electrons. The number of aliphatic hydroxyl groups is 1. The smallest absolute Gasteiger partial charge is 0.332 e. The van der Waals surface area contributed by atoms with Gasteiger partial charge in [-0.2, -0.15) is 0 Å². The number of imidazole rings is 1. The Morgan fingerprint density at radius 3 is 2.56 bits per heavy atom. The Kier molecular flexibility index (Phi) is 7.43. The maximum absolute atomic E-state index is 13.6. The topological polar surface area (TPSA) is 94.5 Å². The highest BCUT2D eigenvalue weighted by molar-refractivity contribution is 6.30. The lowest BCUT2D eigenvalue weighted by molar-refractivity contribution is 0.0150. The first-order valence-corrected chi connectivity index (χ1v) is 12.9. The minimum Gasteiger partial charge on any atom is -0.396 e. The molecule has 1 aliphatic heterocycles. The summed E-state index contributed by atoms with van der Waals surface area (Å²) in [5.41, 5.74) is 2.06. The molecule has 1 aromatic carbocycles. The summed E-state index contributed by atoms with van der Waals surface area (Å²) in [5.74, 6) is 0.729. The van der Waals surface area contributed by atoms with Gasteiger partial charge in [0, 0.05) is 50.9 Å². The van der Waals surface area contributed by atoms with Gasteiger partial charge in [0.2, 0.25) is 0 Å². The van der Waals surface area contributed by atoms with Gasteiger partial charge in [0.15, 0.2) is 11.2 Å². The van der Waals surface area contributed by atoms with Crippen LogP contribution in [-0.2, 0) is 24.9 Å². The molecule has 10 heteroatoms. The van der Waals surface area contributed by atoms with Crippen molar-refractivity contribution in [1.29, 1.82) is 0 Å². The first-order chi connectivity index (χ1) is 17.5. The number of halogens is 1. The first-order valence-electron chi connectivity index (χ1n) is 12.5. The lowest BCUT2D eigenvalue weighted by Gasteiger charge is -2.36. The number of aryl methyl sites for hydroxylation is 1. The van der Waals surface area contributed by atoms with E-state index in [1.165, 1.54) is 9.13 Å². The van der Waals surface area contributed by atoms with Crippen molar-refractivity contribution in [2.45, 2.75) is 44.8 Å². The zero-order chi connectivity index (χ0) is 25.2. The standard InChI is InChI=1S/C26H32ClN5O4/c1-29-24-22(25(34)31(26(29)35)11-2-14-33)32(17-18-3-7-20(27)8-4-18)23(28-24)19-5-9-21(10-6-19)30-12-15-36-16-13-30/h3-5,7-8,21,33H,2,6,9-17H2,1H3. The SMILES string of the molecule is Cn1c(=O)n(CCCO)c(=O)c2c1nc(C1=CCC(N3CCOCC3)CC1)n2Cc1ccc(Cl)cc1. The Bertz CT molecular complexity index is 1380. The minimum absolute atomic E-state index is 0.0971. The Hall–Kier alpha value is -2.72. The Morgan fingerprint density at radius 2 is 1.89 bits per heavy atom. The van der Waals surface area contributed by atoms with Gasteiger partial charge in [-0.25, -0.2) is 9.78 Å². The van der Waals surface area contributed by atoms with E-state index < -0.39 is 5.69 Å². The molecular formula is C26H32ClN5O4. The molecule has 1 atom stereocenters. The van der Waals surface area contributed by atoms with Crippen LogP contribution in [0.1, 0.15) is 37.1 Å². The fraction of sp³-hybridized carbons (Fsp3) is 0.500. The van der Waals surface area contributed by atoms with Gasteiger partial charge in [0.05, 0.1) is 13.2 Å². The van der Waals surface area contributed by atoms with E-state index in [2.05, 4.69) is 11.0 Å². The molecule has 5 rings (SSSR count). The Balaban J connectivity index is 1.60. The van der Waals surface area contributed by atoms with Gasteiger partial charge in [-0.3, -0.25) is 18.8 Å². The molecule has 0 bridgehead atoms. The number of allylic oxidation sites excluding steroid dienone is 1. The highest BCUT2D eigenvalue weighted by Crippen LogP contribution is 2.31. The summed E-state index contributed by atoms with van der Waals surface area (Å²) in [7, 11) is 1.65. The number of aliphatic hydroxyl groups excluding tert-OH is 1. The molecule has 3 heterocycles. The molecular weight excluding hydrogens is 482 g/mol. The molecule has 1 fully saturated rings. The van der Waals surface area contributed by atoms with Crippen molar-refractivity contribution in [2.75, 3.05) is 32.9 Å². The summed E-state index contributed by atoms with van der Waals surface area (Å²) < 4.78 is 10.1. The number of rotatable bonds is 7. The quantitative estimate of drug-likeness (QED) is 0.521. The van der Waals surface area contributed by atoms with Gasteiger partial charge < -0.3 is 14.4 Å². The van der Waals surface area contributed by atoms with E-state index >= 15 is 0 Å². The zero-order valence-electron chi connectivity index (χ0n) is 20.5. The van der Waals surface area contributed by atoms with Crippen molar-refractivity contribution >= 4 is 28.3 Å². The monoisotopic (exact) mass is 513 g/mol. The van der Waals surface area contributed by atoms with E-state index in [1.807, 2.05) is 28.8 Å². The molecule has 1 saturated heterocycles. The third kappa shape index (κ3) is 4.80. The number of hydrogen-bond donors (Lipinski definition) is 1. The fourth-order valence-corrected chi connectivity index (χ4v) is 5.39.